The monoisotopic (exact) mass is 221 g/mol. The zero-order valence-electron chi connectivity index (χ0n) is 9.72. The third-order valence-electron chi connectivity index (χ3n) is 2.75. The van der Waals surface area contributed by atoms with Crippen LogP contribution in [0.5, 0.6) is 0 Å². The maximum absolute atomic E-state index is 5.66. The van der Waals surface area contributed by atoms with Crippen LogP contribution in [-0.4, -0.2) is 24.4 Å². The lowest BCUT2D eigenvalue weighted by Gasteiger charge is -2.31. The first-order valence-corrected chi connectivity index (χ1v) is 5.95. The van der Waals surface area contributed by atoms with Crippen LogP contribution in [0.25, 0.3) is 0 Å². The Balaban J connectivity index is 1.94. The number of hydrazine groups is 1. The van der Waals surface area contributed by atoms with Crippen LogP contribution in [0.15, 0.2) is 24.5 Å². The van der Waals surface area contributed by atoms with Gasteiger partial charge in [-0.3, -0.25) is 4.98 Å². The van der Waals surface area contributed by atoms with Crippen LogP contribution >= 0.6 is 0 Å². The van der Waals surface area contributed by atoms with Gasteiger partial charge in [-0.25, -0.2) is 5.43 Å². The Morgan fingerprint density at radius 1 is 1.56 bits per heavy atom. The first-order valence-electron chi connectivity index (χ1n) is 5.95. The van der Waals surface area contributed by atoms with Crippen LogP contribution in [0, 0.1) is 0 Å². The number of hydrogen-bond acceptors (Lipinski definition) is 4. The highest BCUT2D eigenvalue weighted by Gasteiger charge is 2.16. The molecule has 0 aromatic carbocycles. The van der Waals surface area contributed by atoms with E-state index < -0.39 is 0 Å². The molecule has 2 rings (SSSR count). The van der Waals surface area contributed by atoms with Crippen LogP contribution in [0.3, 0.4) is 0 Å². The second-order valence-electron chi connectivity index (χ2n) is 3.94. The number of rotatable bonds is 4. The molecule has 0 saturated carbocycles. The minimum atomic E-state index is 0.147. The molecule has 1 atom stereocenters. The van der Waals surface area contributed by atoms with Gasteiger partial charge in [-0.15, -0.1) is 0 Å². The molecule has 1 fully saturated rings. The molecule has 0 bridgehead atoms. The second-order valence-corrected chi connectivity index (χ2v) is 3.94. The van der Waals surface area contributed by atoms with Gasteiger partial charge in [0.15, 0.2) is 0 Å². The van der Waals surface area contributed by atoms with Gasteiger partial charge in [0.2, 0.25) is 0 Å². The van der Waals surface area contributed by atoms with Crippen molar-refractivity contribution in [3.05, 3.63) is 24.5 Å². The lowest BCUT2D eigenvalue weighted by atomic mass is 10.2. The Morgan fingerprint density at radius 2 is 2.50 bits per heavy atom. The van der Waals surface area contributed by atoms with Gasteiger partial charge in [0.05, 0.1) is 11.9 Å². The molecule has 1 aliphatic heterocycles. The average Bonchev–Trinajstić information content (AvgIpc) is 2.38. The van der Waals surface area contributed by atoms with Gasteiger partial charge < -0.3 is 9.75 Å². The normalized spacial score (nSPS) is 20.7. The van der Waals surface area contributed by atoms with Crippen molar-refractivity contribution in [3.63, 3.8) is 0 Å². The van der Waals surface area contributed by atoms with Gasteiger partial charge in [0, 0.05) is 19.3 Å². The lowest BCUT2D eigenvalue weighted by Crippen LogP contribution is -2.47. The number of pyridine rings is 1. The van der Waals surface area contributed by atoms with Crippen molar-refractivity contribution >= 4 is 5.69 Å². The van der Waals surface area contributed by atoms with Crippen molar-refractivity contribution in [3.8, 4) is 0 Å². The maximum Gasteiger partial charge on any atom is 0.124 e. The SMILES string of the molecule is CCN(NC1CCCCO1)c1cccnc1. The number of hydrogen-bond donors (Lipinski definition) is 1. The van der Waals surface area contributed by atoms with E-state index in [2.05, 4.69) is 22.3 Å². The Morgan fingerprint density at radius 3 is 3.12 bits per heavy atom. The molecule has 4 nitrogen and oxygen atoms in total. The maximum atomic E-state index is 5.66. The molecule has 0 spiro atoms. The number of ether oxygens (including phenoxy) is 1. The molecule has 16 heavy (non-hydrogen) atoms. The van der Waals surface area contributed by atoms with E-state index in [0.29, 0.717) is 0 Å². The highest BCUT2D eigenvalue weighted by Crippen LogP contribution is 2.14. The Labute approximate surface area is 96.6 Å². The summed E-state index contributed by atoms with van der Waals surface area (Å²) in [4.78, 5) is 4.12. The number of nitrogens with zero attached hydrogens (tertiary/aromatic N) is 2. The molecule has 1 N–H and O–H groups in total. The van der Waals surface area contributed by atoms with Crippen LogP contribution in [0.1, 0.15) is 26.2 Å². The molecule has 1 aliphatic rings. The van der Waals surface area contributed by atoms with Crippen molar-refractivity contribution in [2.45, 2.75) is 32.4 Å². The van der Waals surface area contributed by atoms with Crippen LogP contribution < -0.4 is 10.4 Å². The highest BCUT2D eigenvalue weighted by molar-refractivity contribution is 5.41. The minimum Gasteiger partial charge on any atom is -0.362 e. The summed E-state index contributed by atoms with van der Waals surface area (Å²) in [6, 6.07) is 3.99. The summed E-state index contributed by atoms with van der Waals surface area (Å²) in [5.74, 6) is 0. The van der Waals surface area contributed by atoms with Crippen molar-refractivity contribution in [1.29, 1.82) is 0 Å². The predicted molar refractivity (Wildman–Crippen MR) is 64.0 cm³/mol. The zero-order valence-corrected chi connectivity index (χ0v) is 9.72. The van der Waals surface area contributed by atoms with Gasteiger partial charge in [-0.2, -0.15) is 0 Å². The molecular formula is C12H19N3O. The lowest BCUT2D eigenvalue weighted by molar-refractivity contribution is -0.00694. The quantitative estimate of drug-likeness (QED) is 0.788. The molecule has 2 heterocycles. The van der Waals surface area contributed by atoms with Gasteiger partial charge >= 0.3 is 0 Å². The molecule has 4 heteroatoms. The highest BCUT2D eigenvalue weighted by atomic mass is 16.5. The van der Waals surface area contributed by atoms with E-state index in [1.54, 1.807) is 6.20 Å². The summed E-state index contributed by atoms with van der Waals surface area (Å²) in [6.45, 7) is 3.87. The summed E-state index contributed by atoms with van der Waals surface area (Å²) in [5.41, 5.74) is 4.48. The molecule has 0 aliphatic carbocycles. The Hall–Kier alpha value is -1.13. The number of anilines is 1. The molecule has 1 unspecified atom stereocenters. The molecule has 0 radical (unpaired) electrons. The van der Waals surface area contributed by atoms with Gasteiger partial charge in [0.1, 0.15) is 6.23 Å². The standard InChI is InChI=1S/C12H19N3O/c1-2-15(11-6-5-8-13-10-11)14-12-7-3-4-9-16-12/h5-6,8,10,12,14H,2-4,7,9H2,1H3. The van der Waals surface area contributed by atoms with Crippen molar-refractivity contribution in [2.24, 2.45) is 0 Å². The smallest absolute Gasteiger partial charge is 0.124 e. The predicted octanol–water partition coefficient (Wildman–Crippen LogP) is 1.94. The summed E-state index contributed by atoms with van der Waals surface area (Å²) in [7, 11) is 0. The van der Waals surface area contributed by atoms with E-state index >= 15 is 0 Å². The van der Waals surface area contributed by atoms with Gasteiger partial charge in [0.25, 0.3) is 0 Å². The fraction of sp³-hybridized carbons (Fsp3) is 0.583. The summed E-state index contributed by atoms with van der Waals surface area (Å²) < 4.78 is 5.66. The zero-order chi connectivity index (χ0) is 11.2. The summed E-state index contributed by atoms with van der Waals surface area (Å²) in [6.07, 6.45) is 7.29. The number of aromatic nitrogens is 1. The topological polar surface area (TPSA) is 37.4 Å². The first kappa shape index (κ1) is 11.4. The van der Waals surface area contributed by atoms with E-state index in [9.17, 15) is 0 Å². The van der Waals surface area contributed by atoms with Crippen molar-refractivity contribution in [2.75, 3.05) is 18.2 Å². The first-order chi connectivity index (χ1) is 7.90. The van der Waals surface area contributed by atoms with Crippen LogP contribution in [0.2, 0.25) is 0 Å². The van der Waals surface area contributed by atoms with Crippen LogP contribution in [0.4, 0.5) is 5.69 Å². The molecular weight excluding hydrogens is 202 g/mol. The van der Waals surface area contributed by atoms with E-state index in [4.69, 9.17) is 4.74 Å². The van der Waals surface area contributed by atoms with E-state index in [1.165, 1.54) is 12.8 Å². The van der Waals surface area contributed by atoms with E-state index in [0.717, 1.165) is 25.3 Å². The molecule has 1 aromatic rings. The molecule has 88 valence electrons. The Bertz CT molecular complexity index is 298. The molecule has 0 amide bonds. The molecule has 1 saturated heterocycles. The van der Waals surface area contributed by atoms with Gasteiger partial charge in [-0.1, -0.05) is 0 Å². The number of nitrogens with one attached hydrogen (secondary N) is 1. The van der Waals surface area contributed by atoms with E-state index in [-0.39, 0.29) is 6.23 Å². The summed E-state index contributed by atoms with van der Waals surface area (Å²) >= 11 is 0. The largest absolute Gasteiger partial charge is 0.362 e. The van der Waals surface area contributed by atoms with Crippen molar-refractivity contribution in [1.82, 2.24) is 10.4 Å². The Kier molecular flexibility index (Phi) is 4.13. The molecule has 1 aromatic heterocycles. The fourth-order valence-electron chi connectivity index (χ4n) is 1.88. The fourth-order valence-corrected chi connectivity index (χ4v) is 1.88. The second kappa shape index (κ2) is 5.82. The van der Waals surface area contributed by atoms with Crippen LogP contribution in [-0.2, 0) is 4.74 Å². The average molecular weight is 221 g/mol. The van der Waals surface area contributed by atoms with E-state index in [1.807, 2.05) is 18.3 Å². The van der Waals surface area contributed by atoms with Gasteiger partial charge in [-0.05, 0) is 38.3 Å². The summed E-state index contributed by atoms with van der Waals surface area (Å²) in [5, 5.41) is 2.09. The van der Waals surface area contributed by atoms with Crippen molar-refractivity contribution < 1.29 is 4.74 Å². The minimum absolute atomic E-state index is 0.147. The third-order valence-corrected chi connectivity index (χ3v) is 2.75. The third kappa shape index (κ3) is 2.93.